The first-order chi connectivity index (χ1) is 18.5. The third-order valence-electron chi connectivity index (χ3n) is 9.16. The number of rotatable bonds is 10. The van der Waals surface area contributed by atoms with Gasteiger partial charge in [-0.05, 0) is 125 Å². The van der Waals surface area contributed by atoms with Crippen LogP contribution < -0.4 is 10.6 Å². The van der Waals surface area contributed by atoms with Gasteiger partial charge >= 0.3 is 0 Å². The van der Waals surface area contributed by atoms with Gasteiger partial charge in [0.05, 0.1) is 22.1 Å². The summed E-state index contributed by atoms with van der Waals surface area (Å²) in [5, 5.41) is 14.5. The van der Waals surface area contributed by atoms with Crippen LogP contribution in [0.4, 0.5) is 0 Å². The Bertz CT molecular complexity index is 1240. The van der Waals surface area contributed by atoms with E-state index in [1.807, 2.05) is 41.1 Å². The van der Waals surface area contributed by atoms with Gasteiger partial charge in [-0.3, -0.25) is 0 Å². The van der Waals surface area contributed by atoms with Crippen molar-refractivity contribution in [2.24, 2.45) is 23.7 Å². The Balaban J connectivity index is 1.06. The van der Waals surface area contributed by atoms with E-state index in [0.717, 1.165) is 77.4 Å². The number of hydrogen-bond acceptors (Lipinski definition) is 3. The van der Waals surface area contributed by atoms with E-state index in [0.29, 0.717) is 21.6 Å². The molecule has 0 radical (unpaired) electrons. The Morgan fingerprint density at radius 3 is 2.18 bits per heavy atom. The Morgan fingerprint density at radius 2 is 1.50 bits per heavy atom. The average Bonchev–Trinajstić information content (AvgIpc) is 3.20. The first-order valence-electron chi connectivity index (χ1n) is 14.2. The van der Waals surface area contributed by atoms with Crippen molar-refractivity contribution in [1.82, 2.24) is 20.4 Å². The maximum Gasteiger partial charge on any atom is 0.0840 e. The van der Waals surface area contributed by atoms with Crippen molar-refractivity contribution in [2.45, 2.75) is 64.5 Å². The number of hydrogen-bond donors (Lipinski definition) is 2. The van der Waals surface area contributed by atoms with Crippen molar-refractivity contribution < 1.29 is 0 Å². The average molecular weight is 572 g/mol. The number of aromatic nitrogens is 2. The van der Waals surface area contributed by atoms with Gasteiger partial charge < -0.3 is 10.6 Å². The number of benzene rings is 2. The maximum absolute atomic E-state index is 6.59. The summed E-state index contributed by atoms with van der Waals surface area (Å²) >= 11 is 18.9. The molecule has 4 saturated carbocycles. The quantitative estimate of drug-likeness (QED) is 0.242. The highest BCUT2D eigenvalue weighted by molar-refractivity contribution is 6.35. The highest BCUT2D eigenvalue weighted by Gasteiger charge is 2.47. The molecule has 202 valence electrons. The van der Waals surface area contributed by atoms with Crippen molar-refractivity contribution in [3.05, 3.63) is 68.8 Å². The Labute approximate surface area is 241 Å². The standard InChI is InChI=1S/C31H37Cl3N4/c1-19-28(18-35-10-2-3-11-36-30-23-13-20-12-21(15-23)16-24(30)14-20)37-38(29-9-8-26(33)17-27(29)34)31(19)22-4-6-25(32)7-5-22/h4-9,17,20-21,23-24,30,35-36H,2-3,10-16,18H2,1H3. The number of nitrogens with one attached hydrogen (secondary N) is 2. The number of unbranched alkanes of at least 4 members (excludes halogenated alkanes) is 1. The van der Waals surface area contributed by atoms with E-state index in [2.05, 4.69) is 17.6 Å². The molecule has 4 nitrogen and oxygen atoms in total. The first-order valence-corrected chi connectivity index (χ1v) is 15.3. The summed E-state index contributed by atoms with van der Waals surface area (Å²) < 4.78 is 1.93. The fraction of sp³-hybridized carbons (Fsp3) is 0.516. The van der Waals surface area contributed by atoms with Crippen LogP contribution in [0.3, 0.4) is 0 Å². The van der Waals surface area contributed by atoms with E-state index in [9.17, 15) is 0 Å². The Morgan fingerprint density at radius 1 is 0.842 bits per heavy atom. The van der Waals surface area contributed by atoms with Crippen LogP contribution in [0.5, 0.6) is 0 Å². The zero-order valence-corrected chi connectivity index (χ0v) is 24.3. The molecule has 0 spiro atoms. The molecule has 4 aliphatic carbocycles. The van der Waals surface area contributed by atoms with Crippen LogP contribution in [0.25, 0.3) is 16.9 Å². The maximum atomic E-state index is 6.59. The Kier molecular flexibility index (Phi) is 8.07. The Hall–Kier alpha value is -1.56. The normalized spacial score (nSPS) is 25.8. The highest BCUT2D eigenvalue weighted by atomic mass is 35.5. The SMILES string of the molecule is Cc1c(CNCCCCNC2C3CC4CC(C3)CC2C4)nn(-c2ccc(Cl)cc2Cl)c1-c1ccc(Cl)cc1. The second-order valence-corrected chi connectivity index (χ2v) is 13.0. The molecule has 0 atom stereocenters. The van der Waals surface area contributed by atoms with Gasteiger partial charge in [-0.2, -0.15) is 5.10 Å². The van der Waals surface area contributed by atoms with Crippen LogP contribution in [-0.4, -0.2) is 28.9 Å². The smallest absolute Gasteiger partial charge is 0.0840 e. The van der Waals surface area contributed by atoms with Crippen LogP contribution in [0, 0.1) is 30.6 Å². The summed E-state index contributed by atoms with van der Waals surface area (Å²) in [7, 11) is 0. The van der Waals surface area contributed by atoms with Gasteiger partial charge in [0, 0.05) is 28.2 Å². The number of halogens is 3. The van der Waals surface area contributed by atoms with Crippen LogP contribution >= 0.6 is 34.8 Å². The molecule has 38 heavy (non-hydrogen) atoms. The van der Waals surface area contributed by atoms with Gasteiger partial charge in [-0.15, -0.1) is 0 Å². The third-order valence-corrected chi connectivity index (χ3v) is 9.95. The molecule has 0 aliphatic heterocycles. The molecule has 0 saturated heterocycles. The van der Waals surface area contributed by atoms with Crippen molar-refractivity contribution in [1.29, 1.82) is 0 Å². The second-order valence-electron chi connectivity index (χ2n) is 11.7. The van der Waals surface area contributed by atoms with Crippen LogP contribution in [-0.2, 0) is 6.54 Å². The lowest BCUT2D eigenvalue weighted by Crippen LogP contribution is -2.54. The molecule has 0 amide bonds. The molecule has 4 fully saturated rings. The lowest BCUT2D eigenvalue weighted by Gasteiger charge is -2.54. The third kappa shape index (κ3) is 5.53. The lowest BCUT2D eigenvalue weighted by molar-refractivity contribution is -0.0135. The van der Waals surface area contributed by atoms with E-state index in [-0.39, 0.29) is 0 Å². The van der Waals surface area contributed by atoms with Gasteiger partial charge in [-0.1, -0.05) is 46.9 Å². The van der Waals surface area contributed by atoms with Crippen LogP contribution in [0.1, 0.15) is 56.2 Å². The molecule has 1 heterocycles. The molecule has 1 aromatic heterocycles. The van der Waals surface area contributed by atoms with Crippen molar-refractivity contribution in [3.8, 4) is 16.9 Å². The summed E-state index contributed by atoms with van der Waals surface area (Å²) in [6.45, 7) is 4.96. The fourth-order valence-corrected chi connectivity index (χ4v) is 8.21. The zero-order valence-electron chi connectivity index (χ0n) is 22.0. The van der Waals surface area contributed by atoms with E-state index in [1.165, 1.54) is 38.5 Å². The molecule has 3 aromatic rings. The minimum Gasteiger partial charge on any atom is -0.313 e. The monoisotopic (exact) mass is 570 g/mol. The van der Waals surface area contributed by atoms with E-state index >= 15 is 0 Å². The van der Waals surface area contributed by atoms with E-state index < -0.39 is 0 Å². The first kappa shape index (κ1) is 26.7. The van der Waals surface area contributed by atoms with Gasteiger partial charge in [0.2, 0.25) is 0 Å². The molecular formula is C31H37Cl3N4. The lowest BCUT2D eigenvalue weighted by atomic mass is 9.54. The molecule has 0 unspecified atom stereocenters. The molecule has 2 N–H and O–H groups in total. The van der Waals surface area contributed by atoms with E-state index in [4.69, 9.17) is 39.9 Å². The van der Waals surface area contributed by atoms with Gasteiger partial charge in [0.15, 0.2) is 0 Å². The minimum absolute atomic E-state index is 0.571. The summed E-state index contributed by atoms with van der Waals surface area (Å²) in [6.07, 6.45) is 9.83. The van der Waals surface area contributed by atoms with Gasteiger partial charge in [-0.25, -0.2) is 4.68 Å². The molecule has 7 heteroatoms. The molecule has 7 rings (SSSR count). The number of nitrogens with zero attached hydrogens (tertiary/aromatic N) is 2. The topological polar surface area (TPSA) is 41.9 Å². The molecule has 2 aromatic carbocycles. The minimum atomic E-state index is 0.571. The summed E-state index contributed by atoms with van der Waals surface area (Å²) in [5.74, 6) is 3.99. The fourth-order valence-electron chi connectivity index (χ4n) is 7.59. The molecule has 4 aliphatic rings. The van der Waals surface area contributed by atoms with Crippen LogP contribution in [0.15, 0.2) is 42.5 Å². The largest absolute Gasteiger partial charge is 0.313 e. The predicted molar refractivity (Wildman–Crippen MR) is 159 cm³/mol. The van der Waals surface area contributed by atoms with Gasteiger partial charge in [0.1, 0.15) is 0 Å². The van der Waals surface area contributed by atoms with Crippen molar-refractivity contribution in [2.75, 3.05) is 13.1 Å². The molecular weight excluding hydrogens is 535 g/mol. The van der Waals surface area contributed by atoms with E-state index in [1.54, 1.807) is 6.07 Å². The van der Waals surface area contributed by atoms with Crippen molar-refractivity contribution >= 4 is 34.8 Å². The summed E-state index contributed by atoms with van der Waals surface area (Å²) in [6, 6.07) is 14.2. The second kappa shape index (κ2) is 11.5. The van der Waals surface area contributed by atoms with Crippen LogP contribution in [0.2, 0.25) is 15.1 Å². The summed E-state index contributed by atoms with van der Waals surface area (Å²) in [4.78, 5) is 0. The predicted octanol–water partition coefficient (Wildman–Crippen LogP) is 8.09. The zero-order chi connectivity index (χ0) is 26.2. The highest BCUT2D eigenvalue weighted by Crippen LogP contribution is 2.53. The van der Waals surface area contributed by atoms with Gasteiger partial charge in [0.25, 0.3) is 0 Å². The summed E-state index contributed by atoms with van der Waals surface area (Å²) in [5.41, 5.74) is 5.03. The molecule has 4 bridgehead atoms. The van der Waals surface area contributed by atoms with Crippen molar-refractivity contribution in [3.63, 3.8) is 0 Å².